The molecule has 0 amide bonds. The second-order valence-corrected chi connectivity index (χ2v) is 6.59. The molecule has 0 aliphatic carbocycles. The van der Waals surface area contributed by atoms with Crippen LogP contribution in [0.5, 0.6) is 0 Å². The van der Waals surface area contributed by atoms with Crippen LogP contribution in [0.4, 0.5) is 5.95 Å². The molecule has 1 saturated heterocycles. The molecule has 1 fully saturated rings. The molecule has 0 spiro atoms. The molecular weight excluding hydrogens is 330 g/mol. The number of rotatable bonds is 4. The Morgan fingerprint density at radius 3 is 2.73 bits per heavy atom. The maximum atomic E-state index is 12.2. The normalized spacial score (nSPS) is 15.3. The van der Waals surface area contributed by atoms with E-state index in [1.807, 2.05) is 25.3 Å². The summed E-state index contributed by atoms with van der Waals surface area (Å²) in [4.78, 5) is 23.2. The van der Waals surface area contributed by atoms with Crippen molar-refractivity contribution >= 4 is 5.95 Å². The molecule has 1 aliphatic rings. The van der Waals surface area contributed by atoms with Crippen molar-refractivity contribution in [1.29, 1.82) is 0 Å². The van der Waals surface area contributed by atoms with Gasteiger partial charge in [0.15, 0.2) is 5.82 Å². The molecular formula is C18H21N7O. The van der Waals surface area contributed by atoms with E-state index in [4.69, 9.17) is 0 Å². The van der Waals surface area contributed by atoms with Crippen LogP contribution in [0.25, 0.3) is 5.82 Å². The van der Waals surface area contributed by atoms with Gasteiger partial charge in [0, 0.05) is 50.0 Å². The lowest BCUT2D eigenvalue weighted by molar-refractivity contribution is 0.332. The smallest absolute Gasteiger partial charge is 0.266 e. The van der Waals surface area contributed by atoms with Gasteiger partial charge in [-0.25, -0.2) is 19.3 Å². The average Bonchev–Trinajstić information content (AvgIpc) is 3.19. The second kappa shape index (κ2) is 7.07. The van der Waals surface area contributed by atoms with E-state index in [0.717, 1.165) is 37.6 Å². The fourth-order valence-corrected chi connectivity index (χ4v) is 3.24. The Labute approximate surface area is 151 Å². The number of piperidine rings is 1. The van der Waals surface area contributed by atoms with Crippen molar-refractivity contribution in [3.8, 4) is 5.82 Å². The van der Waals surface area contributed by atoms with Gasteiger partial charge in [0.05, 0.1) is 0 Å². The van der Waals surface area contributed by atoms with E-state index in [0.29, 0.717) is 18.3 Å². The van der Waals surface area contributed by atoms with E-state index in [-0.39, 0.29) is 5.56 Å². The van der Waals surface area contributed by atoms with Gasteiger partial charge in [0.1, 0.15) is 0 Å². The van der Waals surface area contributed by atoms with Crippen molar-refractivity contribution in [2.75, 3.05) is 18.0 Å². The zero-order valence-corrected chi connectivity index (χ0v) is 14.7. The highest BCUT2D eigenvalue weighted by Gasteiger charge is 2.22. The first-order valence-electron chi connectivity index (χ1n) is 8.82. The number of hydrogen-bond donors (Lipinski definition) is 0. The average molecular weight is 351 g/mol. The third-order valence-corrected chi connectivity index (χ3v) is 4.70. The van der Waals surface area contributed by atoms with E-state index in [2.05, 4.69) is 25.1 Å². The summed E-state index contributed by atoms with van der Waals surface area (Å²) in [6, 6.07) is 6.99. The molecule has 4 heterocycles. The van der Waals surface area contributed by atoms with Crippen LogP contribution in [-0.2, 0) is 6.54 Å². The highest BCUT2D eigenvalue weighted by Crippen LogP contribution is 2.21. The summed E-state index contributed by atoms with van der Waals surface area (Å²) >= 11 is 0. The van der Waals surface area contributed by atoms with Gasteiger partial charge in [-0.3, -0.25) is 4.79 Å². The summed E-state index contributed by atoms with van der Waals surface area (Å²) in [5.74, 6) is 1.86. The fraction of sp³-hybridized carbons (Fsp3) is 0.389. The van der Waals surface area contributed by atoms with Crippen LogP contribution >= 0.6 is 0 Å². The van der Waals surface area contributed by atoms with E-state index in [9.17, 15) is 4.79 Å². The predicted octanol–water partition coefficient (Wildman–Crippen LogP) is 1.44. The molecule has 3 aromatic rings. The summed E-state index contributed by atoms with van der Waals surface area (Å²) in [7, 11) is 0. The van der Waals surface area contributed by atoms with Gasteiger partial charge >= 0.3 is 0 Å². The Morgan fingerprint density at radius 2 is 2.00 bits per heavy atom. The van der Waals surface area contributed by atoms with Crippen LogP contribution in [0.3, 0.4) is 0 Å². The summed E-state index contributed by atoms with van der Waals surface area (Å²) < 4.78 is 3.22. The lowest BCUT2D eigenvalue weighted by Crippen LogP contribution is -2.37. The standard InChI is InChI=1S/C18H21N7O/c1-14-5-9-19-18(21-14)23-11-6-15(7-12-23)13-25-17(26)4-3-16(22-25)24-10-2-8-20-24/h2-5,8-10,15H,6-7,11-13H2,1H3. The Bertz CT molecular complexity index is 927. The molecule has 1 aliphatic heterocycles. The lowest BCUT2D eigenvalue weighted by Gasteiger charge is -2.32. The Balaban J connectivity index is 1.43. The number of hydrogen-bond acceptors (Lipinski definition) is 6. The van der Waals surface area contributed by atoms with Crippen molar-refractivity contribution in [1.82, 2.24) is 29.5 Å². The minimum atomic E-state index is -0.0784. The molecule has 8 nitrogen and oxygen atoms in total. The van der Waals surface area contributed by atoms with E-state index in [1.54, 1.807) is 33.9 Å². The third kappa shape index (κ3) is 3.49. The van der Waals surface area contributed by atoms with E-state index < -0.39 is 0 Å². The van der Waals surface area contributed by atoms with E-state index >= 15 is 0 Å². The number of aryl methyl sites for hydroxylation is 1. The van der Waals surface area contributed by atoms with Gasteiger partial charge in [-0.05, 0) is 43.9 Å². The summed E-state index contributed by atoms with van der Waals surface area (Å²) in [6.45, 7) is 4.38. The van der Waals surface area contributed by atoms with Crippen LogP contribution < -0.4 is 10.5 Å². The lowest BCUT2D eigenvalue weighted by atomic mass is 9.97. The van der Waals surface area contributed by atoms with Crippen molar-refractivity contribution in [3.05, 3.63) is 58.9 Å². The molecule has 0 atom stereocenters. The van der Waals surface area contributed by atoms with Crippen molar-refractivity contribution in [3.63, 3.8) is 0 Å². The van der Waals surface area contributed by atoms with E-state index in [1.165, 1.54) is 0 Å². The third-order valence-electron chi connectivity index (χ3n) is 4.70. The van der Waals surface area contributed by atoms with Crippen LogP contribution in [0.15, 0.2) is 47.7 Å². The van der Waals surface area contributed by atoms with Crippen LogP contribution in [0.1, 0.15) is 18.5 Å². The first-order chi connectivity index (χ1) is 12.7. The molecule has 0 N–H and O–H groups in total. The minimum Gasteiger partial charge on any atom is -0.341 e. The number of aromatic nitrogens is 6. The maximum absolute atomic E-state index is 12.2. The van der Waals surface area contributed by atoms with Gasteiger partial charge < -0.3 is 4.90 Å². The van der Waals surface area contributed by atoms with Gasteiger partial charge in [-0.1, -0.05) is 0 Å². The number of anilines is 1. The second-order valence-electron chi connectivity index (χ2n) is 6.59. The van der Waals surface area contributed by atoms with Crippen LogP contribution in [0, 0.1) is 12.8 Å². The maximum Gasteiger partial charge on any atom is 0.266 e. The van der Waals surface area contributed by atoms with Crippen LogP contribution in [-0.4, -0.2) is 42.6 Å². The quantitative estimate of drug-likeness (QED) is 0.707. The Kier molecular flexibility index (Phi) is 4.47. The van der Waals surface area contributed by atoms with Gasteiger partial charge in [-0.15, -0.1) is 5.10 Å². The molecule has 4 rings (SSSR count). The highest BCUT2D eigenvalue weighted by atomic mass is 16.1. The highest BCUT2D eigenvalue weighted by molar-refractivity contribution is 5.30. The predicted molar refractivity (Wildman–Crippen MR) is 97.3 cm³/mol. The van der Waals surface area contributed by atoms with Crippen molar-refractivity contribution < 1.29 is 0 Å². The molecule has 0 aromatic carbocycles. The van der Waals surface area contributed by atoms with Gasteiger partial charge in [0.25, 0.3) is 5.56 Å². The van der Waals surface area contributed by atoms with Crippen molar-refractivity contribution in [2.24, 2.45) is 5.92 Å². The first-order valence-corrected chi connectivity index (χ1v) is 8.82. The molecule has 3 aromatic heterocycles. The number of nitrogens with zero attached hydrogens (tertiary/aromatic N) is 7. The summed E-state index contributed by atoms with van der Waals surface area (Å²) in [6.07, 6.45) is 7.28. The zero-order chi connectivity index (χ0) is 17.9. The topological polar surface area (TPSA) is 81.7 Å². The molecule has 0 saturated carbocycles. The fourth-order valence-electron chi connectivity index (χ4n) is 3.24. The molecule has 0 bridgehead atoms. The molecule has 8 heteroatoms. The first kappa shape index (κ1) is 16.4. The molecule has 26 heavy (non-hydrogen) atoms. The largest absolute Gasteiger partial charge is 0.341 e. The molecule has 134 valence electrons. The summed E-state index contributed by atoms with van der Waals surface area (Å²) in [5.41, 5.74) is 0.897. The molecule has 0 radical (unpaired) electrons. The molecule has 0 unspecified atom stereocenters. The summed E-state index contributed by atoms with van der Waals surface area (Å²) in [5, 5.41) is 8.64. The zero-order valence-electron chi connectivity index (χ0n) is 14.7. The van der Waals surface area contributed by atoms with Crippen molar-refractivity contribution in [2.45, 2.75) is 26.3 Å². The van der Waals surface area contributed by atoms with Gasteiger partial charge in [-0.2, -0.15) is 5.10 Å². The monoisotopic (exact) mass is 351 g/mol. The van der Waals surface area contributed by atoms with Crippen LogP contribution in [0.2, 0.25) is 0 Å². The Hall–Kier alpha value is -3.03. The van der Waals surface area contributed by atoms with Gasteiger partial charge in [0.2, 0.25) is 5.95 Å². The minimum absolute atomic E-state index is 0.0784. The SMILES string of the molecule is Cc1ccnc(N2CCC(Cn3nc(-n4cccn4)ccc3=O)CC2)n1. The Morgan fingerprint density at radius 1 is 1.15 bits per heavy atom.